The van der Waals surface area contributed by atoms with Crippen LogP contribution in [0.25, 0.3) is 0 Å². The Morgan fingerprint density at radius 1 is 1.00 bits per heavy atom. The van der Waals surface area contributed by atoms with Gasteiger partial charge in [0, 0.05) is 18.6 Å². The Labute approximate surface area is 114 Å². The van der Waals surface area contributed by atoms with E-state index < -0.39 is 0 Å². The highest BCUT2D eigenvalue weighted by atomic mass is 15.2. The summed E-state index contributed by atoms with van der Waals surface area (Å²) in [6.45, 7) is 8.42. The molecule has 2 aliphatic carbocycles. The summed E-state index contributed by atoms with van der Waals surface area (Å²) in [5.74, 6) is 0.902. The highest BCUT2D eigenvalue weighted by molar-refractivity contribution is 4.88. The molecule has 2 fully saturated rings. The van der Waals surface area contributed by atoms with E-state index in [1.165, 1.54) is 71.0 Å². The number of rotatable bonds is 7. The van der Waals surface area contributed by atoms with Crippen molar-refractivity contribution in [3.8, 4) is 0 Å². The summed E-state index contributed by atoms with van der Waals surface area (Å²) in [5, 5.41) is 3.82. The van der Waals surface area contributed by atoms with Crippen LogP contribution < -0.4 is 5.32 Å². The number of nitrogens with zero attached hydrogens (tertiary/aromatic N) is 1. The summed E-state index contributed by atoms with van der Waals surface area (Å²) < 4.78 is 0. The van der Waals surface area contributed by atoms with Crippen molar-refractivity contribution in [2.24, 2.45) is 5.92 Å². The lowest BCUT2D eigenvalue weighted by Crippen LogP contribution is -2.42. The Morgan fingerprint density at radius 3 is 2.44 bits per heavy atom. The van der Waals surface area contributed by atoms with E-state index in [0.29, 0.717) is 0 Å². The molecule has 0 aliphatic heterocycles. The van der Waals surface area contributed by atoms with Crippen LogP contribution in [0, 0.1) is 5.92 Å². The quantitative estimate of drug-likeness (QED) is 0.698. The maximum atomic E-state index is 3.82. The summed E-state index contributed by atoms with van der Waals surface area (Å²) in [6.07, 6.45) is 11.4. The highest BCUT2D eigenvalue weighted by Crippen LogP contribution is 2.30. The van der Waals surface area contributed by atoms with E-state index in [2.05, 4.69) is 24.1 Å². The molecule has 2 aliphatic rings. The second kappa shape index (κ2) is 7.49. The lowest BCUT2D eigenvalue weighted by molar-refractivity contribution is 0.193. The van der Waals surface area contributed by atoms with E-state index in [4.69, 9.17) is 0 Å². The van der Waals surface area contributed by atoms with Gasteiger partial charge in [-0.25, -0.2) is 0 Å². The molecular formula is C16H32N2. The highest BCUT2D eigenvalue weighted by Gasteiger charge is 2.32. The first kappa shape index (κ1) is 14.3. The smallest absolute Gasteiger partial charge is 0.0107 e. The van der Waals surface area contributed by atoms with Gasteiger partial charge in [0.05, 0.1) is 0 Å². The summed E-state index contributed by atoms with van der Waals surface area (Å²) in [4.78, 5) is 2.75. The number of nitrogens with one attached hydrogen (secondary N) is 1. The van der Waals surface area contributed by atoms with Crippen molar-refractivity contribution >= 4 is 0 Å². The molecule has 2 nitrogen and oxygen atoms in total. The molecule has 0 aromatic rings. The number of hydrogen-bond donors (Lipinski definition) is 1. The first-order valence-electron chi connectivity index (χ1n) is 8.32. The van der Waals surface area contributed by atoms with Gasteiger partial charge < -0.3 is 10.2 Å². The van der Waals surface area contributed by atoms with Crippen LogP contribution in [-0.2, 0) is 0 Å². The number of hydrogen-bond acceptors (Lipinski definition) is 2. The molecule has 1 N–H and O–H groups in total. The molecule has 2 atom stereocenters. The van der Waals surface area contributed by atoms with E-state index in [-0.39, 0.29) is 0 Å². The molecule has 18 heavy (non-hydrogen) atoms. The van der Waals surface area contributed by atoms with E-state index in [1.807, 2.05) is 0 Å². The Hall–Kier alpha value is -0.0800. The van der Waals surface area contributed by atoms with Crippen LogP contribution in [0.2, 0.25) is 0 Å². The molecule has 0 saturated heterocycles. The van der Waals surface area contributed by atoms with Gasteiger partial charge in [-0.3, -0.25) is 0 Å². The Morgan fingerprint density at radius 2 is 1.78 bits per heavy atom. The van der Waals surface area contributed by atoms with Gasteiger partial charge in [-0.15, -0.1) is 0 Å². The van der Waals surface area contributed by atoms with Crippen LogP contribution in [0.1, 0.15) is 65.2 Å². The standard InChI is InChI=1S/C16H32N2/c1-3-12-17-16-9-7-5-6-8-14(16)13-18(4-2)15-10-11-15/h14-17H,3-13H2,1-2H3. The zero-order valence-corrected chi connectivity index (χ0v) is 12.5. The van der Waals surface area contributed by atoms with Crippen molar-refractivity contribution in [3.05, 3.63) is 0 Å². The largest absolute Gasteiger partial charge is 0.314 e. The molecule has 0 amide bonds. The van der Waals surface area contributed by atoms with Crippen LogP contribution in [0.15, 0.2) is 0 Å². The van der Waals surface area contributed by atoms with Crippen molar-refractivity contribution in [2.45, 2.75) is 77.3 Å². The SMILES string of the molecule is CCCNC1CCCCCC1CN(CC)C1CC1. The minimum Gasteiger partial charge on any atom is -0.314 e. The third kappa shape index (κ3) is 4.24. The van der Waals surface area contributed by atoms with Gasteiger partial charge in [0.2, 0.25) is 0 Å². The molecule has 0 aromatic carbocycles. The third-order valence-corrected chi connectivity index (χ3v) is 4.75. The second-order valence-electron chi connectivity index (χ2n) is 6.28. The fourth-order valence-corrected chi connectivity index (χ4v) is 3.48. The van der Waals surface area contributed by atoms with Crippen LogP contribution in [0.3, 0.4) is 0 Å². The minimum absolute atomic E-state index is 0.792. The van der Waals surface area contributed by atoms with Crippen LogP contribution in [-0.4, -0.2) is 36.6 Å². The predicted octanol–water partition coefficient (Wildman–Crippen LogP) is 3.42. The molecule has 2 unspecified atom stereocenters. The summed E-state index contributed by atoms with van der Waals surface area (Å²) in [6, 6.07) is 1.73. The molecule has 0 heterocycles. The van der Waals surface area contributed by atoms with Crippen molar-refractivity contribution in [3.63, 3.8) is 0 Å². The fraction of sp³-hybridized carbons (Fsp3) is 1.00. The second-order valence-corrected chi connectivity index (χ2v) is 6.28. The average molecular weight is 252 g/mol. The molecule has 106 valence electrons. The van der Waals surface area contributed by atoms with E-state index in [0.717, 1.165) is 18.0 Å². The Kier molecular flexibility index (Phi) is 5.97. The molecule has 2 saturated carbocycles. The molecule has 0 aromatic heterocycles. The van der Waals surface area contributed by atoms with Gasteiger partial charge in [0.25, 0.3) is 0 Å². The van der Waals surface area contributed by atoms with E-state index >= 15 is 0 Å². The van der Waals surface area contributed by atoms with Crippen LogP contribution >= 0.6 is 0 Å². The molecule has 2 rings (SSSR count). The third-order valence-electron chi connectivity index (χ3n) is 4.75. The van der Waals surface area contributed by atoms with Gasteiger partial charge >= 0.3 is 0 Å². The van der Waals surface area contributed by atoms with Crippen molar-refractivity contribution < 1.29 is 0 Å². The monoisotopic (exact) mass is 252 g/mol. The van der Waals surface area contributed by atoms with Crippen LogP contribution in [0.4, 0.5) is 0 Å². The van der Waals surface area contributed by atoms with Gasteiger partial charge in [-0.05, 0) is 51.1 Å². The molecule has 0 spiro atoms. The Bertz CT molecular complexity index is 225. The maximum Gasteiger partial charge on any atom is 0.0107 e. The summed E-state index contributed by atoms with van der Waals surface area (Å²) >= 11 is 0. The first-order valence-corrected chi connectivity index (χ1v) is 8.32. The lowest BCUT2D eigenvalue weighted by Gasteiger charge is -2.31. The molecule has 0 bridgehead atoms. The van der Waals surface area contributed by atoms with E-state index in [9.17, 15) is 0 Å². The van der Waals surface area contributed by atoms with Gasteiger partial charge in [0.15, 0.2) is 0 Å². The van der Waals surface area contributed by atoms with Crippen molar-refractivity contribution in [1.82, 2.24) is 10.2 Å². The topological polar surface area (TPSA) is 15.3 Å². The zero-order valence-electron chi connectivity index (χ0n) is 12.5. The van der Waals surface area contributed by atoms with E-state index in [1.54, 1.807) is 0 Å². The predicted molar refractivity (Wildman–Crippen MR) is 78.9 cm³/mol. The van der Waals surface area contributed by atoms with Gasteiger partial charge in [-0.1, -0.05) is 33.1 Å². The first-order chi connectivity index (χ1) is 8.85. The Balaban J connectivity index is 1.87. The van der Waals surface area contributed by atoms with Crippen molar-refractivity contribution in [2.75, 3.05) is 19.6 Å². The molecular weight excluding hydrogens is 220 g/mol. The maximum absolute atomic E-state index is 3.82. The average Bonchev–Trinajstić information content (AvgIpc) is 3.21. The minimum atomic E-state index is 0.792. The summed E-state index contributed by atoms with van der Waals surface area (Å²) in [7, 11) is 0. The summed E-state index contributed by atoms with van der Waals surface area (Å²) in [5.41, 5.74) is 0. The molecule has 0 radical (unpaired) electrons. The van der Waals surface area contributed by atoms with Gasteiger partial charge in [-0.2, -0.15) is 0 Å². The van der Waals surface area contributed by atoms with Gasteiger partial charge in [0.1, 0.15) is 0 Å². The fourth-order valence-electron chi connectivity index (χ4n) is 3.48. The lowest BCUT2D eigenvalue weighted by atomic mass is 9.93. The molecule has 2 heteroatoms. The normalized spacial score (nSPS) is 29.5. The van der Waals surface area contributed by atoms with Crippen molar-refractivity contribution in [1.29, 1.82) is 0 Å². The zero-order chi connectivity index (χ0) is 12.8. The van der Waals surface area contributed by atoms with Crippen LogP contribution in [0.5, 0.6) is 0 Å².